The number of anilines is 1. The highest BCUT2D eigenvalue weighted by Crippen LogP contribution is 2.17. The Kier molecular flexibility index (Phi) is 3.70. The standard InChI is InChI=1S/C15H13NO4/c1-9-7-12(17)14(19)13(18)8-11(9)15(20)16-10-5-3-2-4-6-10/h2-8H,1H3,(H,16,20)(H2,17,18,19). The lowest BCUT2D eigenvalue weighted by molar-refractivity contribution is 0.102. The van der Waals surface area contributed by atoms with Crippen LogP contribution >= 0.6 is 0 Å². The summed E-state index contributed by atoms with van der Waals surface area (Å²) in [5.41, 5.74) is 0.179. The Hall–Kier alpha value is -2.82. The highest BCUT2D eigenvalue weighted by atomic mass is 16.3. The zero-order valence-electron chi connectivity index (χ0n) is 10.8. The fourth-order valence-corrected chi connectivity index (χ4v) is 1.76. The first-order valence-electron chi connectivity index (χ1n) is 5.92. The summed E-state index contributed by atoms with van der Waals surface area (Å²) in [4.78, 5) is 23.6. The van der Waals surface area contributed by atoms with Crippen LogP contribution in [0, 0.1) is 6.92 Å². The highest BCUT2D eigenvalue weighted by molar-refractivity contribution is 6.05. The zero-order chi connectivity index (χ0) is 14.7. The molecule has 0 aromatic heterocycles. The molecule has 0 aliphatic rings. The maximum absolute atomic E-state index is 12.1. The van der Waals surface area contributed by atoms with E-state index in [1.807, 2.05) is 6.07 Å². The van der Waals surface area contributed by atoms with Crippen LogP contribution in [0.1, 0.15) is 15.9 Å². The third kappa shape index (κ3) is 2.77. The Morgan fingerprint density at radius 1 is 1.05 bits per heavy atom. The van der Waals surface area contributed by atoms with Gasteiger partial charge in [0.25, 0.3) is 11.3 Å². The number of hydrogen-bond acceptors (Lipinski definition) is 4. The average molecular weight is 271 g/mol. The van der Waals surface area contributed by atoms with Crippen LogP contribution in [0.3, 0.4) is 0 Å². The third-order valence-electron chi connectivity index (χ3n) is 2.80. The number of para-hydroxylation sites is 1. The largest absolute Gasteiger partial charge is 0.504 e. The van der Waals surface area contributed by atoms with Crippen LogP contribution in [0.4, 0.5) is 5.69 Å². The monoisotopic (exact) mass is 271 g/mol. The molecule has 0 unspecified atom stereocenters. The summed E-state index contributed by atoms with van der Waals surface area (Å²) in [7, 11) is 0. The van der Waals surface area contributed by atoms with Gasteiger partial charge in [0, 0.05) is 11.3 Å². The minimum Gasteiger partial charge on any atom is -0.504 e. The number of hydrogen-bond donors (Lipinski definition) is 3. The molecule has 2 aromatic carbocycles. The predicted molar refractivity (Wildman–Crippen MR) is 75.2 cm³/mol. The SMILES string of the molecule is Cc1cc(O)c(=O)c(O)cc1C(=O)Nc1ccccc1. The molecule has 0 heterocycles. The molecule has 1 amide bonds. The van der Waals surface area contributed by atoms with Gasteiger partial charge in [-0.3, -0.25) is 9.59 Å². The number of benzene rings is 1. The van der Waals surface area contributed by atoms with E-state index in [9.17, 15) is 19.8 Å². The molecular formula is C15H13NO4. The van der Waals surface area contributed by atoms with Gasteiger partial charge in [-0.05, 0) is 36.8 Å². The summed E-state index contributed by atoms with van der Waals surface area (Å²) in [6, 6.07) is 11.0. The first-order valence-corrected chi connectivity index (χ1v) is 5.92. The number of nitrogens with one attached hydrogen (secondary N) is 1. The number of aryl methyl sites for hydroxylation is 1. The van der Waals surface area contributed by atoms with E-state index in [0.717, 1.165) is 12.1 Å². The van der Waals surface area contributed by atoms with Gasteiger partial charge in [-0.1, -0.05) is 18.2 Å². The Labute approximate surface area is 115 Å². The molecule has 0 spiro atoms. The second-order valence-electron chi connectivity index (χ2n) is 4.31. The van der Waals surface area contributed by atoms with E-state index < -0.39 is 22.8 Å². The molecule has 0 atom stereocenters. The Bertz CT molecular complexity index is 711. The molecule has 5 heteroatoms. The van der Waals surface area contributed by atoms with Gasteiger partial charge in [0.05, 0.1) is 0 Å². The molecule has 0 saturated carbocycles. The zero-order valence-corrected chi connectivity index (χ0v) is 10.8. The number of rotatable bonds is 2. The maximum atomic E-state index is 12.1. The summed E-state index contributed by atoms with van der Waals surface area (Å²) >= 11 is 0. The van der Waals surface area contributed by atoms with Gasteiger partial charge in [0.2, 0.25) is 0 Å². The lowest BCUT2D eigenvalue weighted by Gasteiger charge is -2.05. The van der Waals surface area contributed by atoms with E-state index >= 15 is 0 Å². The van der Waals surface area contributed by atoms with Crippen molar-refractivity contribution in [2.24, 2.45) is 0 Å². The lowest BCUT2D eigenvalue weighted by atomic mass is 10.1. The predicted octanol–water partition coefficient (Wildman–Crippen LogP) is 2.02. The van der Waals surface area contributed by atoms with E-state index in [2.05, 4.69) is 5.32 Å². The summed E-state index contributed by atoms with van der Waals surface area (Å²) in [6.07, 6.45) is 0. The van der Waals surface area contributed by atoms with E-state index in [-0.39, 0.29) is 5.56 Å². The molecule has 0 fully saturated rings. The van der Waals surface area contributed by atoms with E-state index in [0.29, 0.717) is 11.3 Å². The molecular weight excluding hydrogens is 258 g/mol. The molecule has 0 aliphatic carbocycles. The van der Waals surface area contributed by atoms with Gasteiger partial charge in [-0.2, -0.15) is 0 Å². The number of carbonyl (C=O) groups is 1. The first kappa shape index (κ1) is 13.6. The van der Waals surface area contributed by atoms with Crippen LogP contribution in [0.25, 0.3) is 0 Å². The molecule has 2 aromatic rings. The second-order valence-corrected chi connectivity index (χ2v) is 4.31. The van der Waals surface area contributed by atoms with Crippen molar-refractivity contribution in [1.82, 2.24) is 0 Å². The fourth-order valence-electron chi connectivity index (χ4n) is 1.76. The first-order chi connectivity index (χ1) is 9.49. The summed E-state index contributed by atoms with van der Waals surface area (Å²) in [6.45, 7) is 1.57. The quantitative estimate of drug-likeness (QED) is 0.780. The lowest BCUT2D eigenvalue weighted by Crippen LogP contribution is -2.12. The number of carbonyl (C=O) groups excluding carboxylic acids is 1. The van der Waals surface area contributed by atoms with Crippen LogP contribution in [-0.2, 0) is 0 Å². The van der Waals surface area contributed by atoms with Crippen LogP contribution in [0.2, 0.25) is 0 Å². The molecule has 0 bridgehead atoms. The van der Waals surface area contributed by atoms with Gasteiger partial charge in [-0.15, -0.1) is 0 Å². The summed E-state index contributed by atoms with van der Waals surface area (Å²) in [5, 5.41) is 21.6. The smallest absolute Gasteiger partial charge is 0.261 e. The number of aromatic hydroxyl groups is 2. The van der Waals surface area contributed by atoms with E-state index in [1.165, 1.54) is 0 Å². The van der Waals surface area contributed by atoms with Crippen molar-refractivity contribution in [3.8, 4) is 11.5 Å². The van der Waals surface area contributed by atoms with Crippen LogP contribution < -0.4 is 10.7 Å². The molecule has 2 rings (SSSR count). The minimum atomic E-state index is -0.910. The van der Waals surface area contributed by atoms with Gasteiger partial charge < -0.3 is 15.5 Å². The van der Waals surface area contributed by atoms with Crippen molar-refractivity contribution >= 4 is 11.6 Å². The summed E-state index contributed by atoms with van der Waals surface area (Å²) in [5.74, 6) is -1.74. The maximum Gasteiger partial charge on any atom is 0.261 e. The normalized spacial score (nSPS) is 10.1. The molecule has 20 heavy (non-hydrogen) atoms. The van der Waals surface area contributed by atoms with E-state index in [4.69, 9.17) is 0 Å². The van der Waals surface area contributed by atoms with Gasteiger partial charge in [0.1, 0.15) is 0 Å². The Morgan fingerprint density at radius 2 is 1.65 bits per heavy atom. The Balaban J connectivity index is 2.43. The molecule has 3 N–H and O–H groups in total. The molecule has 5 nitrogen and oxygen atoms in total. The van der Waals surface area contributed by atoms with E-state index in [1.54, 1.807) is 31.2 Å². The van der Waals surface area contributed by atoms with Crippen molar-refractivity contribution in [1.29, 1.82) is 0 Å². The van der Waals surface area contributed by atoms with Crippen LogP contribution in [0.15, 0.2) is 47.3 Å². The Morgan fingerprint density at radius 3 is 2.30 bits per heavy atom. The molecule has 0 aliphatic heterocycles. The van der Waals surface area contributed by atoms with Gasteiger partial charge >= 0.3 is 0 Å². The second kappa shape index (κ2) is 5.44. The topological polar surface area (TPSA) is 86.6 Å². The molecule has 102 valence electrons. The fraction of sp³-hybridized carbons (Fsp3) is 0.0667. The molecule has 0 radical (unpaired) electrons. The van der Waals surface area contributed by atoms with Crippen molar-refractivity contribution in [2.45, 2.75) is 6.92 Å². The molecule has 0 saturated heterocycles. The van der Waals surface area contributed by atoms with Gasteiger partial charge in [0.15, 0.2) is 11.5 Å². The third-order valence-corrected chi connectivity index (χ3v) is 2.80. The number of amides is 1. The van der Waals surface area contributed by atoms with Gasteiger partial charge in [-0.25, -0.2) is 0 Å². The van der Waals surface area contributed by atoms with Crippen molar-refractivity contribution in [2.75, 3.05) is 5.32 Å². The van der Waals surface area contributed by atoms with Crippen LogP contribution in [-0.4, -0.2) is 16.1 Å². The van der Waals surface area contributed by atoms with Crippen molar-refractivity contribution in [3.05, 3.63) is 63.8 Å². The highest BCUT2D eigenvalue weighted by Gasteiger charge is 2.13. The minimum absolute atomic E-state index is 0.115. The van der Waals surface area contributed by atoms with Crippen molar-refractivity contribution < 1.29 is 15.0 Å². The average Bonchev–Trinajstić information content (AvgIpc) is 2.52. The van der Waals surface area contributed by atoms with Crippen LogP contribution in [0.5, 0.6) is 11.5 Å². The summed E-state index contributed by atoms with van der Waals surface area (Å²) < 4.78 is 0. The van der Waals surface area contributed by atoms with Crippen molar-refractivity contribution in [3.63, 3.8) is 0 Å².